The zero-order chi connectivity index (χ0) is 11.9. The van der Waals surface area contributed by atoms with Crippen molar-refractivity contribution >= 4 is 5.71 Å². The Labute approximate surface area is 97.0 Å². The van der Waals surface area contributed by atoms with E-state index in [1.807, 2.05) is 0 Å². The summed E-state index contributed by atoms with van der Waals surface area (Å²) in [5, 5.41) is 9.67. The Morgan fingerprint density at radius 2 is 2.00 bits per heavy atom. The molecule has 1 aromatic rings. The van der Waals surface area contributed by atoms with Crippen LogP contribution in [0.15, 0.2) is 23.2 Å². The molecule has 1 aliphatic rings. The monoisotopic (exact) mass is 217 g/mol. The van der Waals surface area contributed by atoms with Crippen LogP contribution < -0.4 is 0 Å². The summed E-state index contributed by atoms with van der Waals surface area (Å²) in [7, 11) is 0. The molecule has 0 amide bonds. The standard InChI is InChI=1S/C14H19NO/c1-9-5-6-10(2)11(7-9)13-14(3,4)8-12(16)15-13/h5-7,12,16H,8H2,1-4H3. The Morgan fingerprint density at radius 3 is 2.56 bits per heavy atom. The third-order valence-electron chi connectivity index (χ3n) is 3.26. The van der Waals surface area contributed by atoms with Gasteiger partial charge in [0.05, 0.1) is 5.71 Å². The van der Waals surface area contributed by atoms with Crippen LogP contribution >= 0.6 is 0 Å². The second-order valence-corrected chi connectivity index (χ2v) is 5.36. The zero-order valence-corrected chi connectivity index (χ0v) is 10.4. The maximum atomic E-state index is 9.67. The molecule has 1 N–H and O–H groups in total. The Morgan fingerprint density at radius 1 is 1.31 bits per heavy atom. The molecule has 0 fully saturated rings. The second kappa shape index (κ2) is 3.70. The van der Waals surface area contributed by atoms with Gasteiger partial charge in [0.2, 0.25) is 0 Å². The molecule has 0 spiro atoms. The van der Waals surface area contributed by atoms with Gasteiger partial charge < -0.3 is 5.11 Å². The lowest BCUT2D eigenvalue weighted by molar-refractivity contribution is 0.163. The predicted molar refractivity (Wildman–Crippen MR) is 66.9 cm³/mol. The molecular formula is C14H19NO. The topological polar surface area (TPSA) is 32.6 Å². The molecule has 1 aromatic carbocycles. The molecular weight excluding hydrogens is 198 g/mol. The van der Waals surface area contributed by atoms with Crippen molar-refractivity contribution < 1.29 is 5.11 Å². The van der Waals surface area contributed by atoms with Crippen LogP contribution in [0.25, 0.3) is 0 Å². The van der Waals surface area contributed by atoms with E-state index in [4.69, 9.17) is 0 Å². The summed E-state index contributed by atoms with van der Waals surface area (Å²) in [6.07, 6.45) is 0.181. The number of benzene rings is 1. The highest BCUT2D eigenvalue weighted by Gasteiger charge is 2.35. The Kier molecular flexibility index (Phi) is 2.62. The summed E-state index contributed by atoms with van der Waals surface area (Å²) in [5.41, 5.74) is 4.66. The maximum absolute atomic E-state index is 9.67. The smallest absolute Gasteiger partial charge is 0.146 e. The number of hydrogen-bond acceptors (Lipinski definition) is 2. The zero-order valence-electron chi connectivity index (χ0n) is 10.4. The van der Waals surface area contributed by atoms with Gasteiger partial charge in [-0.3, -0.25) is 4.99 Å². The minimum atomic E-state index is -0.537. The number of nitrogens with zero attached hydrogens (tertiary/aromatic N) is 1. The van der Waals surface area contributed by atoms with Gasteiger partial charge in [0.1, 0.15) is 6.23 Å². The molecule has 0 aliphatic carbocycles. The molecule has 16 heavy (non-hydrogen) atoms. The van der Waals surface area contributed by atoms with E-state index in [2.05, 4.69) is 50.9 Å². The average molecular weight is 217 g/mol. The van der Waals surface area contributed by atoms with Crippen molar-refractivity contribution in [3.8, 4) is 0 Å². The molecule has 1 heterocycles. The molecule has 86 valence electrons. The third kappa shape index (κ3) is 1.90. The van der Waals surface area contributed by atoms with E-state index in [0.29, 0.717) is 0 Å². The van der Waals surface area contributed by atoms with Gasteiger partial charge >= 0.3 is 0 Å². The normalized spacial score (nSPS) is 23.3. The second-order valence-electron chi connectivity index (χ2n) is 5.36. The summed E-state index contributed by atoms with van der Waals surface area (Å²) in [5.74, 6) is 0. The molecule has 1 aliphatic heterocycles. The van der Waals surface area contributed by atoms with Crippen LogP contribution in [0.4, 0.5) is 0 Å². The summed E-state index contributed by atoms with van der Waals surface area (Å²) in [4.78, 5) is 4.39. The van der Waals surface area contributed by atoms with Gasteiger partial charge in [-0.1, -0.05) is 31.5 Å². The fourth-order valence-corrected chi connectivity index (χ4v) is 2.35. The lowest BCUT2D eigenvalue weighted by atomic mass is 9.81. The van der Waals surface area contributed by atoms with Gasteiger partial charge in [-0.05, 0) is 31.0 Å². The van der Waals surface area contributed by atoms with E-state index in [9.17, 15) is 5.11 Å². The summed E-state index contributed by atoms with van der Waals surface area (Å²) in [6.45, 7) is 8.47. The fourth-order valence-electron chi connectivity index (χ4n) is 2.35. The van der Waals surface area contributed by atoms with E-state index < -0.39 is 6.23 Å². The summed E-state index contributed by atoms with van der Waals surface area (Å²) in [6, 6.07) is 6.39. The fraction of sp³-hybridized carbons (Fsp3) is 0.500. The number of aliphatic hydroxyl groups excluding tert-OH is 1. The molecule has 0 radical (unpaired) electrons. The van der Waals surface area contributed by atoms with E-state index in [1.165, 1.54) is 16.7 Å². The van der Waals surface area contributed by atoms with Gasteiger partial charge in [-0.2, -0.15) is 0 Å². The van der Waals surface area contributed by atoms with Crippen molar-refractivity contribution in [2.75, 3.05) is 0 Å². The van der Waals surface area contributed by atoms with Crippen LogP contribution in [0.5, 0.6) is 0 Å². The lowest BCUT2D eigenvalue weighted by Crippen LogP contribution is -2.22. The van der Waals surface area contributed by atoms with Crippen molar-refractivity contribution in [2.24, 2.45) is 10.4 Å². The summed E-state index contributed by atoms with van der Waals surface area (Å²) >= 11 is 0. The molecule has 2 heteroatoms. The van der Waals surface area contributed by atoms with Crippen LogP contribution in [0.3, 0.4) is 0 Å². The van der Waals surface area contributed by atoms with Gasteiger partial charge in [-0.25, -0.2) is 0 Å². The predicted octanol–water partition coefficient (Wildman–Crippen LogP) is 2.84. The van der Waals surface area contributed by atoms with Crippen LogP contribution in [0.2, 0.25) is 0 Å². The minimum absolute atomic E-state index is 0.0298. The lowest BCUT2D eigenvalue weighted by Gasteiger charge is -2.21. The van der Waals surface area contributed by atoms with E-state index in [0.717, 1.165) is 12.1 Å². The van der Waals surface area contributed by atoms with E-state index >= 15 is 0 Å². The van der Waals surface area contributed by atoms with Crippen LogP contribution in [-0.4, -0.2) is 17.0 Å². The first-order valence-corrected chi connectivity index (χ1v) is 5.74. The van der Waals surface area contributed by atoms with Crippen molar-refractivity contribution in [1.82, 2.24) is 0 Å². The van der Waals surface area contributed by atoms with Gasteiger partial charge in [-0.15, -0.1) is 0 Å². The van der Waals surface area contributed by atoms with Crippen molar-refractivity contribution in [3.05, 3.63) is 34.9 Å². The quantitative estimate of drug-likeness (QED) is 0.770. The largest absolute Gasteiger partial charge is 0.372 e. The summed E-state index contributed by atoms with van der Waals surface area (Å²) < 4.78 is 0. The van der Waals surface area contributed by atoms with Gasteiger partial charge in [0, 0.05) is 11.8 Å². The number of aliphatic imine (C=N–C) groups is 1. The van der Waals surface area contributed by atoms with Crippen LogP contribution in [0, 0.1) is 19.3 Å². The van der Waals surface area contributed by atoms with Crippen molar-refractivity contribution in [3.63, 3.8) is 0 Å². The molecule has 0 saturated carbocycles. The highest BCUT2D eigenvalue weighted by atomic mass is 16.3. The van der Waals surface area contributed by atoms with Crippen molar-refractivity contribution in [1.29, 1.82) is 0 Å². The first-order valence-electron chi connectivity index (χ1n) is 5.74. The SMILES string of the molecule is Cc1ccc(C)c(C2=NC(O)CC2(C)C)c1. The highest BCUT2D eigenvalue weighted by Crippen LogP contribution is 2.35. The highest BCUT2D eigenvalue weighted by molar-refractivity contribution is 6.06. The Bertz CT molecular complexity index is 446. The molecule has 1 atom stereocenters. The number of aryl methyl sites for hydroxylation is 2. The van der Waals surface area contributed by atoms with Gasteiger partial charge in [0.25, 0.3) is 0 Å². The third-order valence-corrected chi connectivity index (χ3v) is 3.26. The number of rotatable bonds is 1. The molecule has 0 bridgehead atoms. The number of hydrogen-bond donors (Lipinski definition) is 1. The first-order chi connectivity index (χ1) is 7.40. The number of aliphatic hydroxyl groups is 1. The first kappa shape index (κ1) is 11.3. The van der Waals surface area contributed by atoms with Crippen molar-refractivity contribution in [2.45, 2.75) is 40.3 Å². The Hall–Kier alpha value is -1.15. The van der Waals surface area contributed by atoms with Crippen LogP contribution in [0.1, 0.15) is 37.0 Å². The average Bonchev–Trinajstić information content (AvgIpc) is 2.43. The molecule has 2 rings (SSSR count). The van der Waals surface area contributed by atoms with Crippen LogP contribution in [-0.2, 0) is 0 Å². The van der Waals surface area contributed by atoms with E-state index in [-0.39, 0.29) is 5.41 Å². The maximum Gasteiger partial charge on any atom is 0.146 e. The molecule has 1 unspecified atom stereocenters. The molecule has 0 aromatic heterocycles. The molecule has 2 nitrogen and oxygen atoms in total. The molecule has 0 saturated heterocycles. The van der Waals surface area contributed by atoms with E-state index in [1.54, 1.807) is 0 Å². The minimum Gasteiger partial charge on any atom is -0.372 e. The Balaban J connectivity index is 2.52. The van der Waals surface area contributed by atoms with Gasteiger partial charge in [0.15, 0.2) is 0 Å².